The molecule has 0 saturated heterocycles. The molecule has 0 aliphatic rings. The lowest BCUT2D eigenvalue weighted by Crippen LogP contribution is -1.97. The van der Waals surface area contributed by atoms with Crippen molar-refractivity contribution in [2.24, 2.45) is 0 Å². The second-order valence-corrected chi connectivity index (χ2v) is 4.63. The summed E-state index contributed by atoms with van der Waals surface area (Å²) in [6.45, 7) is 1.81. The molecular weight excluding hydrogens is 280 g/mol. The van der Waals surface area contributed by atoms with Crippen LogP contribution in [0.3, 0.4) is 0 Å². The maximum Gasteiger partial charge on any atom is 0.207 e. The molecule has 4 aromatic heterocycles. The van der Waals surface area contributed by atoms with Gasteiger partial charge in [0.25, 0.3) is 0 Å². The SMILES string of the molecule is Cc1cc(-c2nnc3c4cccnc4c(Cl)nn23)no1. The number of rotatable bonds is 1. The number of hydrogen-bond donors (Lipinski definition) is 0. The van der Waals surface area contributed by atoms with Gasteiger partial charge in [-0.25, -0.2) is 0 Å². The smallest absolute Gasteiger partial charge is 0.207 e. The maximum atomic E-state index is 6.16. The molecule has 0 amide bonds. The zero-order chi connectivity index (χ0) is 13.7. The topological polar surface area (TPSA) is 82.0 Å². The Bertz CT molecular complexity index is 944. The molecule has 4 rings (SSSR count). The van der Waals surface area contributed by atoms with Crippen LogP contribution in [-0.2, 0) is 0 Å². The van der Waals surface area contributed by atoms with E-state index in [9.17, 15) is 0 Å². The number of aromatic nitrogens is 6. The van der Waals surface area contributed by atoms with Crippen LogP contribution in [0.25, 0.3) is 28.1 Å². The van der Waals surface area contributed by atoms with Gasteiger partial charge in [0.2, 0.25) is 5.82 Å². The Hall–Kier alpha value is -2.54. The Labute approximate surface area is 117 Å². The Balaban J connectivity index is 2.11. The summed E-state index contributed by atoms with van der Waals surface area (Å²) in [7, 11) is 0. The van der Waals surface area contributed by atoms with Crippen molar-refractivity contribution in [1.29, 1.82) is 0 Å². The van der Waals surface area contributed by atoms with E-state index in [1.165, 1.54) is 0 Å². The molecule has 20 heavy (non-hydrogen) atoms. The molecule has 0 aliphatic carbocycles. The lowest BCUT2D eigenvalue weighted by molar-refractivity contribution is 0.399. The third-order valence-corrected chi connectivity index (χ3v) is 3.18. The summed E-state index contributed by atoms with van der Waals surface area (Å²) in [5.74, 6) is 1.16. The minimum absolute atomic E-state index is 0.286. The molecule has 98 valence electrons. The average molecular weight is 287 g/mol. The van der Waals surface area contributed by atoms with Crippen molar-refractivity contribution in [2.45, 2.75) is 6.92 Å². The van der Waals surface area contributed by atoms with Gasteiger partial charge >= 0.3 is 0 Å². The quantitative estimate of drug-likeness (QED) is 0.534. The van der Waals surface area contributed by atoms with Gasteiger partial charge in [0.1, 0.15) is 11.3 Å². The Kier molecular flexibility index (Phi) is 2.25. The van der Waals surface area contributed by atoms with Crippen LogP contribution < -0.4 is 0 Å². The van der Waals surface area contributed by atoms with Crippen LogP contribution >= 0.6 is 11.6 Å². The van der Waals surface area contributed by atoms with E-state index in [2.05, 4.69) is 25.4 Å². The van der Waals surface area contributed by atoms with Crippen molar-refractivity contribution in [3.63, 3.8) is 0 Å². The number of nitrogens with zero attached hydrogens (tertiary/aromatic N) is 6. The van der Waals surface area contributed by atoms with Gasteiger partial charge in [-0.05, 0) is 19.1 Å². The summed E-state index contributed by atoms with van der Waals surface area (Å²) in [6.07, 6.45) is 1.66. The number of hydrogen-bond acceptors (Lipinski definition) is 6. The van der Waals surface area contributed by atoms with Gasteiger partial charge in [-0.2, -0.15) is 4.52 Å². The van der Waals surface area contributed by atoms with E-state index in [4.69, 9.17) is 16.1 Å². The average Bonchev–Trinajstić information content (AvgIpc) is 3.05. The normalized spacial score (nSPS) is 11.5. The van der Waals surface area contributed by atoms with Crippen molar-refractivity contribution < 1.29 is 4.52 Å². The molecule has 0 N–H and O–H groups in total. The molecule has 4 aromatic rings. The van der Waals surface area contributed by atoms with E-state index in [1.54, 1.807) is 23.7 Å². The van der Waals surface area contributed by atoms with Gasteiger partial charge in [-0.15, -0.1) is 15.3 Å². The van der Waals surface area contributed by atoms with E-state index < -0.39 is 0 Å². The van der Waals surface area contributed by atoms with Crippen molar-refractivity contribution in [1.82, 2.24) is 30.0 Å². The zero-order valence-electron chi connectivity index (χ0n) is 10.3. The Morgan fingerprint density at radius 1 is 1.30 bits per heavy atom. The highest BCUT2D eigenvalue weighted by atomic mass is 35.5. The van der Waals surface area contributed by atoms with E-state index in [-0.39, 0.29) is 5.15 Å². The molecular formula is C12H7ClN6O. The molecule has 0 aliphatic heterocycles. The van der Waals surface area contributed by atoms with Gasteiger partial charge in [0.15, 0.2) is 16.5 Å². The fraction of sp³-hybridized carbons (Fsp3) is 0.0833. The second-order valence-electron chi connectivity index (χ2n) is 4.27. The molecule has 4 heterocycles. The predicted molar refractivity (Wildman–Crippen MR) is 71.3 cm³/mol. The largest absolute Gasteiger partial charge is 0.361 e. The molecule has 0 radical (unpaired) electrons. The summed E-state index contributed by atoms with van der Waals surface area (Å²) >= 11 is 6.16. The van der Waals surface area contributed by atoms with E-state index >= 15 is 0 Å². The fourth-order valence-corrected chi connectivity index (χ4v) is 2.29. The molecule has 0 unspecified atom stereocenters. The zero-order valence-corrected chi connectivity index (χ0v) is 11.0. The first-order chi connectivity index (χ1) is 9.74. The highest BCUT2D eigenvalue weighted by Crippen LogP contribution is 2.25. The van der Waals surface area contributed by atoms with Gasteiger partial charge in [-0.1, -0.05) is 16.8 Å². The Morgan fingerprint density at radius 3 is 3.00 bits per heavy atom. The summed E-state index contributed by atoms with van der Waals surface area (Å²) in [4.78, 5) is 4.21. The van der Waals surface area contributed by atoms with E-state index in [0.29, 0.717) is 28.4 Å². The number of fused-ring (bicyclic) bond motifs is 3. The van der Waals surface area contributed by atoms with Crippen LogP contribution in [0.5, 0.6) is 0 Å². The van der Waals surface area contributed by atoms with Crippen molar-refractivity contribution in [3.05, 3.63) is 35.3 Å². The molecule has 0 aromatic carbocycles. The van der Waals surface area contributed by atoms with Gasteiger partial charge in [0.05, 0.1) is 5.39 Å². The third-order valence-electron chi connectivity index (χ3n) is 2.93. The fourth-order valence-electron chi connectivity index (χ4n) is 2.06. The minimum Gasteiger partial charge on any atom is -0.361 e. The number of halogens is 1. The first-order valence-electron chi connectivity index (χ1n) is 5.83. The predicted octanol–water partition coefficient (Wildman–Crippen LogP) is 2.29. The molecule has 8 heteroatoms. The second kappa shape index (κ2) is 3.97. The lowest BCUT2D eigenvalue weighted by Gasteiger charge is -2.01. The van der Waals surface area contributed by atoms with E-state index in [0.717, 1.165) is 5.39 Å². The summed E-state index contributed by atoms with van der Waals surface area (Å²) in [5, 5.41) is 17.5. The molecule has 0 spiro atoms. The molecule has 7 nitrogen and oxygen atoms in total. The van der Waals surface area contributed by atoms with Crippen LogP contribution in [0.4, 0.5) is 0 Å². The first kappa shape index (κ1) is 11.3. The first-order valence-corrected chi connectivity index (χ1v) is 6.21. The van der Waals surface area contributed by atoms with Crippen LogP contribution in [0, 0.1) is 6.92 Å². The highest BCUT2D eigenvalue weighted by Gasteiger charge is 2.17. The van der Waals surface area contributed by atoms with Gasteiger partial charge in [0, 0.05) is 12.3 Å². The molecule has 0 fully saturated rings. The van der Waals surface area contributed by atoms with Crippen LogP contribution in [0.15, 0.2) is 28.9 Å². The maximum absolute atomic E-state index is 6.16. The van der Waals surface area contributed by atoms with Crippen molar-refractivity contribution >= 4 is 28.2 Å². The highest BCUT2D eigenvalue weighted by molar-refractivity contribution is 6.34. The van der Waals surface area contributed by atoms with Crippen LogP contribution in [0.1, 0.15) is 5.76 Å². The minimum atomic E-state index is 0.286. The standard InChI is InChI=1S/C12H7ClN6O/c1-6-5-8(18-20-6)12-16-15-11-7-3-2-4-14-9(7)10(13)17-19(11)12/h2-5H,1H3. The van der Waals surface area contributed by atoms with Crippen LogP contribution in [-0.4, -0.2) is 30.0 Å². The summed E-state index contributed by atoms with van der Waals surface area (Å²) in [5.41, 5.74) is 1.73. The monoisotopic (exact) mass is 286 g/mol. The van der Waals surface area contributed by atoms with Crippen molar-refractivity contribution in [2.75, 3.05) is 0 Å². The lowest BCUT2D eigenvalue weighted by atomic mass is 10.3. The van der Waals surface area contributed by atoms with Gasteiger partial charge < -0.3 is 4.52 Å². The number of aryl methyl sites for hydroxylation is 1. The summed E-state index contributed by atoms with van der Waals surface area (Å²) in [6, 6.07) is 5.45. The van der Waals surface area contributed by atoms with Crippen LogP contribution in [0.2, 0.25) is 5.15 Å². The molecule has 0 saturated carbocycles. The summed E-state index contributed by atoms with van der Waals surface area (Å²) < 4.78 is 6.60. The third kappa shape index (κ3) is 1.50. The molecule has 0 atom stereocenters. The number of pyridine rings is 1. The van der Waals surface area contributed by atoms with E-state index in [1.807, 2.05) is 12.1 Å². The molecule has 0 bridgehead atoms. The Morgan fingerprint density at radius 2 is 2.20 bits per heavy atom. The van der Waals surface area contributed by atoms with Crippen molar-refractivity contribution in [3.8, 4) is 11.5 Å². The van der Waals surface area contributed by atoms with Gasteiger partial charge in [-0.3, -0.25) is 4.98 Å².